The molecule has 0 spiro atoms. The fourth-order valence-corrected chi connectivity index (χ4v) is 3.56. The SMILES string of the molecule is Cc1cccc(N2C(=O)c3cccnc3[C@@H]2CC(=O)NCc2ccccc2)c1. The van der Waals surface area contributed by atoms with Crippen LogP contribution in [-0.2, 0) is 11.3 Å². The average Bonchev–Trinajstić information content (AvgIpc) is 2.99. The number of nitrogens with one attached hydrogen (secondary N) is 1. The number of carbonyl (C=O) groups excluding carboxylic acids is 2. The Kier molecular flexibility index (Phi) is 4.89. The summed E-state index contributed by atoms with van der Waals surface area (Å²) in [4.78, 5) is 31.8. The van der Waals surface area contributed by atoms with Crippen LogP contribution in [0.3, 0.4) is 0 Å². The van der Waals surface area contributed by atoms with Crippen LogP contribution in [0, 0.1) is 6.92 Å². The molecular formula is C23H21N3O2. The summed E-state index contributed by atoms with van der Waals surface area (Å²) in [6.07, 6.45) is 1.83. The fourth-order valence-electron chi connectivity index (χ4n) is 3.56. The Balaban J connectivity index is 1.58. The number of aryl methyl sites for hydroxylation is 1. The van der Waals surface area contributed by atoms with E-state index in [9.17, 15) is 9.59 Å². The third-order valence-electron chi connectivity index (χ3n) is 4.91. The van der Waals surface area contributed by atoms with Gasteiger partial charge in [-0.05, 0) is 42.3 Å². The molecule has 1 N–H and O–H groups in total. The van der Waals surface area contributed by atoms with Crippen LogP contribution >= 0.6 is 0 Å². The molecule has 4 rings (SSSR count). The lowest BCUT2D eigenvalue weighted by Crippen LogP contribution is -2.33. The van der Waals surface area contributed by atoms with Gasteiger partial charge in [-0.15, -0.1) is 0 Å². The highest BCUT2D eigenvalue weighted by Gasteiger charge is 2.39. The summed E-state index contributed by atoms with van der Waals surface area (Å²) in [7, 11) is 0. The van der Waals surface area contributed by atoms with Crippen molar-refractivity contribution in [1.29, 1.82) is 0 Å². The van der Waals surface area contributed by atoms with Gasteiger partial charge < -0.3 is 5.32 Å². The summed E-state index contributed by atoms with van der Waals surface area (Å²) in [5.41, 5.74) is 4.09. The Morgan fingerprint density at radius 2 is 1.89 bits per heavy atom. The Labute approximate surface area is 164 Å². The molecule has 0 bridgehead atoms. The van der Waals surface area contributed by atoms with Crippen molar-refractivity contribution < 1.29 is 9.59 Å². The Hall–Kier alpha value is -3.47. The molecule has 0 saturated heterocycles. The van der Waals surface area contributed by atoms with Crippen LogP contribution in [0.25, 0.3) is 0 Å². The van der Waals surface area contributed by atoms with Gasteiger partial charge in [-0.3, -0.25) is 19.5 Å². The van der Waals surface area contributed by atoms with Gasteiger partial charge in [-0.25, -0.2) is 0 Å². The van der Waals surface area contributed by atoms with E-state index in [0.717, 1.165) is 16.8 Å². The molecule has 0 unspecified atom stereocenters. The maximum atomic E-state index is 13.0. The monoisotopic (exact) mass is 371 g/mol. The number of carbonyl (C=O) groups is 2. The number of fused-ring (bicyclic) bond motifs is 1. The van der Waals surface area contributed by atoms with Crippen molar-refractivity contribution in [3.05, 3.63) is 95.3 Å². The van der Waals surface area contributed by atoms with E-state index in [1.807, 2.05) is 61.5 Å². The van der Waals surface area contributed by atoms with Crippen molar-refractivity contribution in [1.82, 2.24) is 10.3 Å². The fraction of sp³-hybridized carbons (Fsp3) is 0.174. The Morgan fingerprint density at radius 3 is 2.68 bits per heavy atom. The van der Waals surface area contributed by atoms with E-state index in [4.69, 9.17) is 0 Å². The van der Waals surface area contributed by atoms with Crippen LogP contribution in [-0.4, -0.2) is 16.8 Å². The average molecular weight is 371 g/mol. The summed E-state index contributed by atoms with van der Waals surface area (Å²) in [6, 6.07) is 20.6. The molecule has 1 aromatic heterocycles. The van der Waals surface area contributed by atoms with Gasteiger partial charge >= 0.3 is 0 Å². The second-order valence-electron chi connectivity index (χ2n) is 6.93. The second kappa shape index (κ2) is 7.64. The second-order valence-corrected chi connectivity index (χ2v) is 6.93. The van der Waals surface area contributed by atoms with Crippen molar-refractivity contribution in [2.45, 2.75) is 25.9 Å². The zero-order chi connectivity index (χ0) is 19.5. The zero-order valence-corrected chi connectivity index (χ0v) is 15.6. The molecule has 1 atom stereocenters. The molecule has 28 heavy (non-hydrogen) atoms. The Morgan fingerprint density at radius 1 is 1.07 bits per heavy atom. The number of amides is 2. The highest BCUT2D eigenvalue weighted by molar-refractivity contribution is 6.11. The number of benzene rings is 2. The van der Waals surface area contributed by atoms with E-state index < -0.39 is 6.04 Å². The molecule has 5 nitrogen and oxygen atoms in total. The molecule has 0 fully saturated rings. The third kappa shape index (κ3) is 3.51. The van der Waals surface area contributed by atoms with Gasteiger partial charge in [0.2, 0.25) is 5.91 Å². The predicted octanol–water partition coefficient (Wildman–Crippen LogP) is 3.80. The van der Waals surface area contributed by atoms with E-state index in [-0.39, 0.29) is 18.2 Å². The zero-order valence-electron chi connectivity index (χ0n) is 15.6. The molecule has 1 aliphatic rings. The number of pyridine rings is 1. The first-order valence-corrected chi connectivity index (χ1v) is 9.29. The summed E-state index contributed by atoms with van der Waals surface area (Å²) < 4.78 is 0. The molecule has 140 valence electrons. The van der Waals surface area contributed by atoms with Crippen LogP contribution < -0.4 is 10.2 Å². The molecule has 3 aromatic rings. The number of aromatic nitrogens is 1. The van der Waals surface area contributed by atoms with Gasteiger partial charge in [0.1, 0.15) is 0 Å². The number of rotatable bonds is 5. The minimum absolute atomic E-state index is 0.113. The van der Waals surface area contributed by atoms with E-state index >= 15 is 0 Å². The van der Waals surface area contributed by atoms with E-state index in [2.05, 4.69) is 10.3 Å². The van der Waals surface area contributed by atoms with Crippen molar-refractivity contribution in [3.8, 4) is 0 Å². The quantitative estimate of drug-likeness (QED) is 0.742. The maximum Gasteiger partial charge on any atom is 0.260 e. The van der Waals surface area contributed by atoms with E-state index in [1.165, 1.54) is 0 Å². The first kappa shape index (κ1) is 17.9. The number of hydrogen-bond donors (Lipinski definition) is 1. The van der Waals surface area contributed by atoms with Crippen molar-refractivity contribution in [3.63, 3.8) is 0 Å². The molecular weight excluding hydrogens is 350 g/mol. The van der Waals surface area contributed by atoms with Crippen LogP contribution in [0.4, 0.5) is 5.69 Å². The van der Waals surface area contributed by atoms with E-state index in [0.29, 0.717) is 17.8 Å². The van der Waals surface area contributed by atoms with Gasteiger partial charge in [0.15, 0.2) is 0 Å². The van der Waals surface area contributed by atoms with Crippen molar-refractivity contribution >= 4 is 17.5 Å². The van der Waals surface area contributed by atoms with Crippen molar-refractivity contribution in [2.75, 3.05) is 4.90 Å². The highest BCUT2D eigenvalue weighted by atomic mass is 16.2. The van der Waals surface area contributed by atoms with Gasteiger partial charge in [-0.2, -0.15) is 0 Å². The standard InChI is InChI=1S/C23H21N3O2/c1-16-7-5-10-18(13-16)26-20(22-19(23(26)28)11-6-12-24-22)14-21(27)25-15-17-8-3-2-4-9-17/h2-13,20H,14-15H2,1H3,(H,25,27)/t20-/m0/s1. The topological polar surface area (TPSA) is 62.3 Å². The van der Waals surface area contributed by atoms with Gasteiger partial charge in [-0.1, -0.05) is 42.5 Å². The summed E-state index contributed by atoms with van der Waals surface area (Å²) in [5.74, 6) is -0.229. The lowest BCUT2D eigenvalue weighted by molar-refractivity contribution is -0.121. The number of anilines is 1. The molecule has 1 aliphatic heterocycles. The summed E-state index contributed by atoms with van der Waals surface area (Å²) in [6.45, 7) is 2.44. The summed E-state index contributed by atoms with van der Waals surface area (Å²) in [5, 5.41) is 2.95. The van der Waals surface area contributed by atoms with Crippen LogP contribution in [0.2, 0.25) is 0 Å². The smallest absolute Gasteiger partial charge is 0.260 e. The minimum Gasteiger partial charge on any atom is -0.352 e. The molecule has 2 heterocycles. The molecule has 2 amide bonds. The normalized spacial score (nSPS) is 15.4. The van der Waals surface area contributed by atoms with Crippen LogP contribution in [0.5, 0.6) is 0 Å². The molecule has 0 aliphatic carbocycles. The summed E-state index contributed by atoms with van der Waals surface area (Å²) >= 11 is 0. The van der Waals surface area contributed by atoms with Gasteiger partial charge in [0.25, 0.3) is 5.91 Å². The Bertz CT molecular complexity index is 1020. The predicted molar refractivity (Wildman–Crippen MR) is 108 cm³/mol. The largest absolute Gasteiger partial charge is 0.352 e. The van der Waals surface area contributed by atoms with Crippen LogP contribution in [0.1, 0.15) is 39.6 Å². The maximum absolute atomic E-state index is 13.0. The number of nitrogens with zero attached hydrogens (tertiary/aromatic N) is 2. The third-order valence-corrected chi connectivity index (χ3v) is 4.91. The van der Waals surface area contributed by atoms with Gasteiger partial charge in [0.05, 0.1) is 23.7 Å². The highest BCUT2D eigenvalue weighted by Crippen LogP contribution is 2.38. The van der Waals surface area contributed by atoms with Gasteiger partial charge in [0, 0.05) is 18.4 Å². The first-order valence-electron chi connectivity index (χ1n) is 9.29. The molecule has 2 aromatic carbocycles. The lowest BCUT2D eigenvalue weighted by atomic mass is 10.1. The minimum atomic E-state index is -0.415. The lowest BCUT2D eigenvalue weighted by Gasteiger charge is -2.25. The van der Waals surface area contributed by atoms with E-state index in [1.54, 1.807) is 23.2 Å². The van der Waals surface area contributed by atoms with Crippen LogP contribution in [0.15, 0.2) is 72.9 Å². The first-order chi connectivity index (χ1) is 13.6. The number of hydrogen-bond acceptors (Lipinski definition) is 3. The molecule has 0 saturated carbocycles. The van der Waals surface area contributed by atoms with Crippen molar-refractivity contribution in [2.24, 2.45) is 0 Å². The molecule has 0 radical (unpaired) electrons. The molecule has 5 heteroatoms.